The van der Waals surface area contributed by atoms with E-state index in [0.717, 1.165) is 18.6 Å². The standard InChI is InChI=1S/C12H18N2O/c1-8-5-9-7-10(12(2,3)4)13-14(9)11(15)6-8/h6,9H,5,7H2,1-4H3. The number of hydrogen-bond acceptors (Lipinski definition) is 2. The van der Waals surface area contributed by atoms with E-state index in [1.54, 1.807) is 11.1 Å². The maximum absolute atomic E-state index is 11.7. The van der Waals surface area contributed by atoms with Crippen LogP contribution in [-0.4, -0.2) is 22.7 Å². The number of hydrogen-bond donors (Lipinski definition) is 0. The van der Waals surface area contributed by atoms with Crippen molar-refractivity contribution in [3.05, 3.63) is 11.6 Å². The molecule has 0 radical (unpaired) electrons. The second-order valence-electron chi connectivity index (χ2n) is 5.53. The molecule has 15 heavy (non-hydrogen) atoms. The van der Waals surface area contributed by atoms with Gasteiger partial charge in [-0.1, -0.05) is 26.3 Å². The van der Waals surface area contributed by atoms with Crippen molar-refractivity contribution in [3.63, 3.8) is 0 Å². The molecular formula is C12H18N2O. The number of carbonyl (C=O) groups is 1. The average Bonchev–Trinajstić information content (AvgIpc) is 2.46. The van der Waals surface area contributed by atoms with Crippen molar-refractivity contribution in [2.45, 2.75) is 46.6 Å². The molecule has 0 saturated heterocycles. The second-order valence-corrected chi connectivity index (χ2v) is 5.53. The highest BCUT2D eigenvalue weighted by molar-refractivity contribution is 5.97. The molecule has 3 nitrogen and oxygen atoms in total. The number of fused-ring (bicyclic) bond motifs is 1. The van der Waals surface area contributed by atoms with Crippen LogP contribution in [0.2, 0.25) is 0 Å². The van der Waals surface area contributed by atoms with Crippen molar-refractivity contribution in [1.82, 2.24) is 5.01 Å². The molecule has 2 rings (SSSR count). The number of hydrazone groups is 1. The van der Waals surface area contributed by atoms with Gasteiger partial charge in [-0.3, -0.25) is 4.79 Å². The minimum absolute atomic E-state index is 0.0444. The van der Waals surface area contributed by atoms with Crippen LogP contribution < -0.4 is 0 Å². The zero-order valence-electron chi connectivity index (χ0n) is 9.87. The monoisotopic (exact) mass is 206 g/mol. The van der Waals surface area contributed by atoms with E-state index in [1.807, 2.05) is 6.92 Å². The van der Waals surface area contributed by atoms with Crippen molar-refractivity contribution >= 4 is 11.6 Å². The Labute approximate surface area is 90.8 Å². The summed E-state index contributed by atoms with van der Waals surface area (Å²) in [5, 5.41) is 6.11. The lowest BCUT2D eigenvalue weighted by molar-refractivity contribution is -0.128. The number of amides is 1. The van der Waals surface area contributed by atoms with Gasteiger partial charge < -0.3 is 0 Å². The molecule has 3 heteroatoms. The van der Waals surface area contributed by atoms with Gasteiger partial charge >= 0.3 is 0 Å². The minimum atomic E-state index is 0.0444. The quantitative estimate of drug-likeness (QED) is 0.598. The molecule has 0 aromatic carbocycles. The molecule has 2 aliphatic rings. The van der Waals surface area contributed by atoms with Gasteiger partial charge in [-0.2, -0.15) is 5.10 Å². The fourth-order valence-electron chi connectivity index (χ4n) is 2.11. The van der Waals surface area contributed by atoms with Crippen LogP contribution >= 0.6 is 0 Å². The van der Waals surface area contributed by atoms with Crippen molar-refractivity contribution < 1.29 is 4.79 Å². The van der Waals surface area contributed by atoms with Crippen molar-refractivity contribution in [2.75, 3.05) is 0 Å². The van der Waals surface area contributed by atoms with Gasteiger partial charge in [0.1, 0.15) is 0 Å². The highest BCUT2D eigenvalue weighted by atomic mass is 16.2. The summed E-state index contributed by atoms with van der Waals surface area (Å²) in [6.45, 7) is 8.46. The molecule has 1 amide bonds. The fraction of sp³-hybridized carbons (Fsp3) is 0.667. The topological polar surface area (TPSA) is 32.7 Å². The predicted molar refractivity (Wildman–Crippen MR) is 60.5 cm³/mol. The molecule has 82 valence electrons. The second kappa shape index (κ2) is 3.19. The zero-order chi connectivity index (χ0) is 11.2. The molecule has 0 aromatic heterocycles. The van der Waals surface area contributed by atoms with Gasteiger partial charge in [0.05, 0.1) is 6.04 Å². The Morgan fingerprint density at radius 1 is 1.40 bits per heavy atom. The zero-order valence-corrected chi connectivity index (χ0v) is 9.87. The summed E-state index contributed by atoms with van der Waals surface area (Å²) in [6.07, 6.45) is 3.60. The molecule has 1 unspecified atom stereocenters. The molecule has 0 N–H and O–H groups in total. The summed E-state index contributed by atoms with van der Waals surface area (Å²) in [5.41, 5.74) is 2.39. The van der Waals surface area contributed by atoms with E-state index >= 15 is 0 Å². The van der Waals surface area contributed by atoms with E-state index in [0.29, 0.717) is 0 Å². The maximum Gasteiger partial charge on any atom is 0.266 e. The number of rotatable bonds is 0. The van der Waals surface area contributed by atoms with Gasteiger partial charge in [0, 0.05) is 23.6 Å². The van der Waals surface area contributed by atoms with E-state index in [2.05, 4.69) is 25.9 Å². The first kappa shape index (κ1) is 10.4. The minimum Gasteiger partial charge on any atom is -0.268 e. The summed E-state index contributed by atoms with van der Waals surface area (Å²) in [7, 11) is 0. The normalized spacial score (nSPS) is 26.3. The van der Waals surface area contributed by atoms with Crippen molar-refractivity contribution in [1.29, 1.82) is 0 Å². The lowest BCUT2D eigenvalue weighted by Gasteiger charge is -2.25. The summed E-state index contributed by atoms with van der Waals surface area (Å²) in [4.78, 5) is 11.7. The van der Waals surface area contributed by atoms with Gasteiger partial charge in [0.2, 0.25) is 0 Å². The summed E-state index contributed by atoms with van der Waals surface area (Å²) < 4.78 is 0. The Hall–Kier alpha value is -1.12. The molecule has 0 fully saturated rings. The van der Waals surface area contributed by atoms with Crippen LogP contribution in [-0.2, 0) is 4.79 Å². The molecule has 1 atom stereocenters. The SMILES string of the molecule is CC1=CC(=O)N2N=C(C(C)(C)C)CC2C1. The van der Waals surface area contributed by atoms with Crippen LogP contribution in [0.25, 0.3) is 0 Å². The Balaban J connectivity index is 2.24. The highest BCUT2D eigenvalue weighted by Crippen LogP contribution is 2.32. The van der Waals surface area contributed by atoms with Crippen LogP contribution in [0.5, 0.6) is 0 Å². The van der Waals surface area contributed by atoms with E-state index < -0.39 is 0 Å². The third-order valence-corrected chi connectivity index (χ3v) is 3.02. The smallest absolute Gasteiger partial charge is 0.266 e. The van der Waals surface area contributed by atoms with Gasteiger partial charge in [-0.25, -0.2) is 5.01 Å². The van der Waals surface area contributed by atoms with E-state index in [9.17, 15) is 4.79 Å². The molecule has 0 bridgehead atoms. The molecule has 2 aliphatic heterocycles. The lowest BCUT2D eigenvalue weighted by Crippen LogP contribution is -2.35. The third-order valence-electron chi connectivity index (χ3n) is 3.02. The first-order valence-electron chi connectivity index (χ1n) is 5.46. The number of carbonyl (C=O) groups excluding carboxylic acids is 1. The molecule has 0 aromatic rings. The van der Waals surface area contributed by atoms with E-state index in [4.69, 9.17) is 0 Å². The summed E-state index contributed by atoms with van der Waals surface area (Å²) in [5.74, 6) is 0.0444. The molecule has 0 aliphatic carbocycles. The molecular weight excluding hydrogens is 188 g/mol. The Bertz CT molecular complexity index is 360. The maximum atomic E-state index is 11.7. The van der Waals surface area contributed by atoms with Crippen LogP contribution in [0.3, 0.4) is 0 Å². The summed E-state index contributed by atoms with van der Waals surface area (Å²) >= 11 is 0. The van der Waals surface area contributed by atoms with Crippen LogP contribution in [0, 0.1) is 5.41 Å². The van der Waals surface area contributed by atoms with Crippen LogP contribution in [0.4, 0.5) is 0 Å². The number of nitrogens with zero attached hydrogens (tertiary/aromatic N) is 2. The van der Waals surface area contributed by atoms with Crippen molar-refractivity contribution in [3.8, 4) is 0 Å². The predicted octanol–water partition coefficient (Wildman–Crippen LogP) is 2.34. The molecule has 0 saturated carbocycles. The van der Waals surface area contributed by atoms with Crippen molar-refractivity contribution in [2.24, 2.45) is 10.5 Å². The van der Waals surface area contributed by atoms with Gasteiger partial charge in [0.15, 0.2) is 0 Å². The highest BCUT2D eigenvalue weighted by Gasteiger charge is 2.37. The van der Waals surface area contributed by atoms with E-state index in [1.165, 1.54) is 5.57 Å². The van der Waals surface area contributed by atoms with Gasteiger partial charge in [0.25, 0.3) is 5.91 Å². The summed E-state index contributed by atoms with van der Waals surface area (Å²) in [6, 6.07) is 0.275. The van der Waals surface area contributed by atoms with Crippen LogP contribution in [0.1, 0.15) is 40.5 Å². The first-order chi connectivity index (χ1) is 6.88. The molecule has 2 heterocycles. The lowest BCUT2D eigenvalue weighted by atomic mass is 9.85. The fourth-order valence-corrected chi connectivity index (χ4v) is 2.11. The Kier molecular flexibility index (Phi) is 2.21. The van der Waals surface area contributed by atoms with Gasteiger partial charge in [-0.15, -0.1) is 0 Å². The Morgan fingerprint density at radius 2 is 2.07 bits per heavy atom. The largest absolute Gasteiger partial charge is 0.268 e. The van der Waals surface area contributed by atoms with E-state index in [-0.39, 0.29) is 17.4 Å². The van der Waals surface area contributed by atoms with Gasteiger partial charge in [-0.05, 0) is 13.3 Å². The first-order valence-corrected chi connectivity index (χ1v) is 5.46. The average molecular weight is 206 g/mol. The third kappa shape index (κ3) is 1.83. The molecule has 0 spiro atoms. The Morgan fingerprint density at radius 3 is 2.67 bits per heavy atom. The van der Waals surface area contributed by atoms with Crippen LogP contribution in [0.15, 0.2) is 16.8 Å².